The molecular weight excluding hydrogens is 236 g/mol. The van der Waals surface area contributed by atoms with Crippen molar-refractivity contribution in [3.05, 3.63) is 34.3 Å². The summed E-state index contributed by atoms with van der Waals surface area (Å²) in [5.41, 5.74) is 7.35. The van der Waals surface area contributed by atoms with Gasteiger partial charge in [0.2, 0.25) is 0 Å². The Morgan fingerprint density at radius 2 is 2.28 bits per heavy atom. The Morgan fingerprint density at radius 1 is 1.44 bits per heavy atom. The van der Waals surface area contributed by atoms with Crippen LogP contribution < -0.4 is 11.5 Å². The number of hydrogen-bond donors (Lipinski definition) is 2. The summed E-state index contributed by atoms with van der Waals surface area (Å²) in [6, 6.07) is 5.34. The smallest absolute Gasteiger partial charge is 0.417 e. The highest BCUT2D eigenvalue weighted by Crippen LogP contribution is 2.12. The second-order valence-electron chi connectivity index (χ2n) is 3.85. The summed E-state index contributed by atoms with van der Waals surface area (Å²) in [6.45, 7) is 0.591. The molecule has 0 atom stereocenters. The van der Waals surface area contributed by atoms with Gasteiger partial charge in [-0.1, -0.05) is 6.07 Å². The van der Waals surface area contributed by atoms with Gasteiger partial charge in [0.1, 0.15) is 0 Å². The third-order valence-corrected chi connectivity index (χ3v) is 2.49. The number of hydrogen-bond acceptors (Lipinski definition) is 5. The average molecular weight is 250 g/mol. The first kappa shape index (κ1) is 12.4. The number of ether oxygens (including phenoxy) is 1. The zero-order valence-electron chi connectivity index (χ0n) is 9.77. The maximum atomic E-state index is 11.1. The van der Waals surface area contributed by atoms with Gasteiger partial charge in [-0.3, -0.25) is 9.78 Å². The quantitative estimate of drug-likeness (QED) is 0.755. The minimum Gasteiger partial charge on any atom is -0.465 e. The normalized spacial score (nSPS) is 10.7. The molecule has 0 amide bonds. The van der Waals surface area contributed by atoms with Crippen molar-refractivity contribution in [1.82, 2.24) is 4.98 Å². The number of carbonyl (C=O) groups is 1. The van der Waals surface area contributed by atoms with Gasteiger partial charge in [0.15, 0.2) is 5.58 Å². The van der Waals surface area contributed by atoms with E-state index in [2.05, 4.69) is 4.98 Å². The first-order valence-electron chi connectivity index (χ1n) is 5.66. The van der Waals surface area contributed by atoms with Crippen LogP contribution in [0.3, 0.4) is 0 Å². The Hall–Kier alpha value is -2.08. The standard InChI is InChI=1S/C12H14N2O4/c13-5-3-11(15)17-6-4-8-1-2-10-9(7-8)14-12(16)18-10/h1-2,7H,3-6,13H2,(H,14,16). The molecule has 6 heteroatoms. The number of nitrogens with two attached hydrogens (primary N) is 1. The number of esters is 1. The average Bonchev–Trinajstić information content (AvgIpc) is 2.69. The first-order chi connectivity index (χ1) is 8.69. The minimum absolute atomic E-state index is 0.230. The number of fused-ring (bicyclic) bond motifs is 1. The summed E-state index contributed by atoms with van der Waals surface area (Å²) in [5.74, 6) is -0.771. The molecule has 0 radical (unpaired) electrons. The van der Waals surface area contributed by atoms with Gasteiger partial charge in [0.05, 0.1) is 18.5 Å². The Bertz CT molecular complexity index is 599. The third kappa shape index (κ3) is 2.98. The van der Waals surface area contributed by atoms with Crippen molar-refractivity contribution < 1.29 is 13.9 Å². The van der Waals surface area contributed by atoms with Crippen LogP contribution in [0.2, 0.25) is 0 Å². The monoisotopic (exact) mass is 250 g/mol. The molecule has 3 N–H and O–H groups in total. The molecule has 0 unspecified atom stereocenters. The lowest BCUT2D eigenvalue weighted by atomic mass is 10.1. The summed E-state index contributed by atoms with van der Waals surface area (Å²) in [7, 11) is 0. The van der Waals surface area contributed by atoms with E-state index in [9.17, 15) is 9.59 Å². The molecule has 6 nitrogen and oxygen atoms in total. The SMILES string of the molecule is NCCC(=O)OCCc1ccc2oc(=O)[nH]c2c1. The van der Waals surface area contributed by atoms with E-state index in [4.69, 9.17) is 14.9 Å². The van der Waals surface area contributed by atoms with E-state index in [-0.39, 0.29) is 12.4 Å². The zero-order chi connectivity index (χ0) is 13.0. The number of H-pyrrole nitrogens is 1. The van der Waals surface area contributed by atoms with Gasteiger partial charge < -0.3 is 14.9 Å². The topological polar surface area (TPSA) is 98.3 Å². The van der Waals surface area contributed by atoms with Crippen molar-refractivity contribution in [2.24, 2.45) is 5.73 Å². The highest BCUT2D eigenvalue weighted by molar-refractivity contribution is 5.72. The molecule has 0 spiro atoms. The van der Waals surface area contributed by atoms with Gasteiger partial charge in [-0.05, 0) is 17.7 Å². The van der Waals surface area contributed by atoms with Crippen LogP contribution in [-0.2, 0) is 16.0 Å². The highest BCUT2D eigenvalue weighted by Gasteiger charge is 2.04. The largest absolute Gasteiger partial charge is 0.465 e. The molecule has 1 aromatic carbocycles. The molecule has 18 heavy (non-hydrogen) atoms. The molecule has 2 rings (SSSR count). The van der Waals surface area contributed by atoms with Crippen LogP contribution in [0, 0.1) is 0 Å². The number of rotatable bonds is 5. The number of nitrogens with one attached hydrogen (secondary N) is 1. The number of aromatic nitrogens is 1. The molecule has 0 saturated heterocycles. The number of benzene rings is 1. The molecule has 1 heterocycles. The van der Waals surface area contributed by atoms with Gasteiger partial charge >= 0.3 is 11.7 Å². The summed E-state index contributed by atoms with van der Waals surface area (Å²) < 4.78 is 9.88. The fourth-order valence-electron chi connectivity index (χ4n) is 1.63. The van der Waals surface area contributed by atoms with Crippen molar-refractivity contribution in [2.45, 2.75) is 12.8 Å². The lowest BCUT2D eigenvalue weighted by Crippen LogP contribution is -2.12. The van der Waals surface area contributed by atoms with E-state index in [0.29, 0.717) is 30.7 Å². The predicted molar refractivity (Wildman–Crippen MR) is 65.2 cm³/mol. The van der Waals surface area contributed by atoms with Gasteiger partial charge in [-0.15, -0.1) is 0 Å². The number of carbonyl (C=O) groups excluding carboxylic acids is 1. The van der Waals surface area contributed by atoms with Crippen LogP contribution in [0.1, 0.15) is 12.0 Å². The summed E-state index contributed by atoms with van der Waals surface area (Å²) in [5, 5.41) is 0. The first-order valence-corrected chi connectivity index (χ1v) is 5.66. The van der Waals surface area contributed by atoms with Crippen molar-refractivity contribution in [3.63, 3.8) is 0 Å². The van der Waals surface area contributed by atoms with Gasteiger partial charge in [0, 0.05) is 13.0 Å². The minimum atomic E-state index is -0.475. The molecular formula is C12H14N2O4. The van der Waals surface area contributed by atoms with Gasteiger partial charge in [-0.25, -0.2) is 4.79 Å². The van der Waals surface area contributed by atoms with Crippen LogP contribution in [0.25, 0.3) is 11.1 Å². The molecule has 0 aliphatic rings. The molecule has 0 fully saturated rings. The second-order valence-corrected chi connectivity index (χ2v) is 3.85. The van der Waals surface area contributed by atoms with E-state index in [1.165, 1.54) is 0 Å². The molecule has 0 bridgehead atoms. The Labute approximate surface area is 103 Å². The third-order valence-electron chi connectivity index (χ3n) is 2.49. The number of oxazole rings is 1. The fraction of sp³-hybridized carbons (Fsp3) is 0.333. The molecule has 2 aromatic rings. The number of aromatic amines is 1. The Morgan fingerprint density at radius 3 is 3.06 bits per heavy atom. The van der Waals surface area contributed by atoms with Crippen LogP contribution in [0.15, 0.2) is 27.4 Å². The van der Waals surface area contributed by atoms with E-state index in [1.807, 2.05) is 6.07 Å². The molecule has 0 aliphatic carbocycles. The van der Waals surface area contributed by atoms with Crippen LogP contribution in [-0.4, -0.2) is 24.1 Å². The summed E-state index contributed by atoms with van der Waals surface area (Å²) in [6.07, 6.45) is 0.813. The Kier molecular flexibility index (Phi) is 3.78. The fourth-order valence-corrected chi connectivity index (χ4v) is 1.63. The van der Waals surface area contributed by atoms with Gasteiger partial charge in [-0.2, -0.15) is 0 Å². The Balaban J connectivity index is 1.95. The van der Waals surface area contributed by atoms with Gasteiger partial charge in [0.25, 0.3) is 0 Å². The maximum Gasteiger partial charge on any atom is 0.417 e. The van der Waals surface area contributed by atoms with Crippen molar-refractivity contribution in [1.29, 1.82) is 0 Å². The van der Waals surface area contributed by atoms with E-state index >= 15 is 0 Å². The molecule has 0 aliphatic heterocycles. The summed E-state index contributed by atoms with van der Waals surface area (Å²) >= 11 is 0. The molecule has 1 aromatic heterocycles. The zero-order valence-corrected chi connectivity index (χ0v) is 9.77. The van der Waals surface area contributed by atoms with Crippen molar-refractivity contribution >= 4 is 17.1 Å². The predicted octanol–water partition coefficient (Wildman–Crippen LogP) is 0.556. The lowest BCUT2D eigenvalue weighted by Gasteiger charge is -2.03. The van der Waals surface area contributed by atoms with E-state index in [0.717, 1.165) is 5.56 Å². The summed E-state index contributed by atoms with van der Waals surface area (Å²) in [4.78, 5) is 24.6. The van der Waals surface area contributed by atoms with E-state index in [1.54, 1.807) is 12.1 Å². The van der Waals surface area contributed by atoms with E-state index < -0.39 is 5.76 Å². The van der Waals surface area contributed by atoms with Crippen LogP contribution >= 0.6 is 0 Å². The van der Waals surface area contributed by atoms with Crippen LogP contribution in [0.5, 0.6) is 0 Å². The second kappa shape index (κ2) is 5.50. The molecule has 96 valence electrons. The van der Waals surface area contributed by atoms with Crippen molar-refractivity contribution in [2.75, 3.05) is 13.2 Å². The highest BCUT2D eigenvalue weighted by atomic mass is 16.5. The lowest BCUT2D eigenvalue weighted by molar-refractivity contribution is -0.143. The van der Waals surface area contributed by atoms with Crippen molar-refractivity contribution in [3.8, 4) is 0 Å². The molecule has 0 saturated carbocycles. The maximum absolute atomic E-state index is 11.1. The van der Waals surface area contributed by atoms with Crippen LogP contribution in [0.4, 0.5) is 0 Å².